The van der Waals surface area contributed by atoms with Crippen LogP contribution in [0.15, 0.2) is 53.6 Å². The molecular weight excluding hydrogens is 276 g/mol. The van der Waals surface area contributed by atoms with E-state index in [-0.39, 0.29) is 0 Å². The fourth-order valence-corrected chi connectivity index (χ4v) is 3.15. The van der Waals surface area contributed by atoms with Crippen LogP contribution in [0.3, 0.4) is 0 Å². The predicted molar refractivity (Wildman–Crippen MR) is 92.1 cm³/mol. The summed E-state index contributed by atoms with van der Waals surface area (Å²) in [5.74, 6) is 0. The number of benzene rings is 2. The zero-order valence-corrected chi connectivity index (χ0v) is 13.3. The molecule has 3 heteroatoms. The lowest BCUT2D eigenvalue weighted by Gasteiger charge is -2.09. The summed E-state index contributed by atoms with van der Waals surface area (Å²) >= 11 is 1.75. The van der Waals surface area contributed by atoms with Gasteiger partial charge in [0.25, 0.3) is 0 Å². The predicted octanol–water partition coefficient (Wildman–Crippen LogP) is 4.20. The van der Waals surface area contributed by atoms with Gasteiger partial charge in [-0.3, -0.25) is 0 Å². The van der Waals surface area contributed by atoms with Gasteiger partial charge in [-0.2, -0.15) is 0 Å². The standard InChI is InChI=1S/C18H20N2S/c1-19-12-15-6-4-3-5-14(15)9-13-7-8-17-16(10-13)11-18(20-17)21-2/h3-8,10-11,19-20H,9,12H2,1-2H3. The van der Waals surface area contributed by atoms with Gasteiger partial charge in [0.2, 0.25) is 0 Å². The molecule has 0 saturated carbocycles. The van der Waals surface area contributed by atoms with Crippen LogP contribution in [0.5, 0.6) is 0 Å². The summed E-state index contributed by atoms with van der Waals surface area (Å²) in [6, 6.07) is 17.6. The average molecular weight is 296 g/mol. The Kier molecular flexibility index (Phi) is 4.32. The summed E-state index contributed by atoms with van der Waals surface area (Å²) in [6.07, 6.45) is 3.08. The van der Waals surface area contributed by atoms with Crippen LogP contribution in [0.1, 0.15) is 16.7 Å². The average Bonchev–Trinajstić information content (AvgIpc) is 2.92. The van der Waals surface area contributed by atoms with Gasteiger partial charge < -0.3 is 10.3 Å². The molecule has 3 aromatic rings. The minimum atomic E-state index is 0.916. The van der Waals surface area contributed by atoms with E-state index in [1.165, 1.54) is 32.6 Å². The van der Waals surface area contributed by atoms with Gasteiger partial charge in [0, 0.05) is 17.4 Å². The molecule has 0 fully saturated rings. The fraction of sp³-hybridized carbons (Fsp3) is 0.222. The Morgan fingerprint density at radius 2 is 1.86 bits per heavy atom. The zero-order valence-electron chi connectivity index (χ0n) is 12.4. The molecule has 3 rings (SSSR count). The van der Waals surface area contributed by atoms with Crippen molar-refractivity contribution in [1.82, 2.24) is 10.3 Å². The van der Waals surface area contributed by atoms with Crippen molar-refractivity contribution in [2.75, 3.05) is 13.3 Å². The van der Waals surface area contributed by atoms with Crippen LogP contribution in [0.25, 0.3) is 10.9 Å². The van der Waals surface area contributed by atoms with E-state index in [9.17, 15) is 0 Å². The van der Waals surface area contributed by atoms with Crippen molar-refractivity contribution >= 4 is 22.7 Å². The summed E-state index contributed by atoms with van der Waals surface area (Å²) in [5, 5.41) is 5.76. The van der Waals surface area contributed by atoms with Crippen molar-refractivity contribution < 1.29 is 0 Å². The van der Waals surface area contributed by atoms with Crippen molar-refractivity contribution in [2.24, 2.45) is 0 Å². The van der Waals surface area contributed by atoms with E-state index >= 15 is 0 Å². The van der Waals surface area contributed by atoms with E-state index in [1.54, 1.807) is 11.8 Å². The molecule has 0 aliphatic carbocycles. The van der Waals surface area contributed by atoms with Gasteiger partial charge in [-0.05, 0) is 54.6 Å². The molecule has 0 atom stereocenters. The molecule has 0 amide bonds. The second kappa shape index (κ2) is 6.37. The maximum atomic E-state index is 3.42. The Labute approximate surface area is 130 Å². The first-order valence-corrected chi connectivity index (χ1v) is 8.39. The highest BCUT2D eigenvalue weighted by molar-refractivity contribution is 7.98. The van der Waals surface area contributed by atoms with Gasteiger partial charge in [-0.1, -0.05) is 30.3 Å². The smallest absolute Gasteiger partial charge is 0.0729 e. The zero-order chi connectivity index (χ0) is 14.7. The third-order valence-corrected chi connectivity index (χ3v) is 4.42. The number of hydrogen-bond acceptors (Lipinski definition) is 2. The number of aromatic amines is 1. The number of hydrogen-bond donors (Lipinski definition) is 2. The number of thioether (sulfide) groups is 1. The first-order chi connectivity index (χ1) is 10.3. The third-order valence-electron chi connectivity index (χ3n) is 3.76. The molecule has 0 saturated heterocycles. The van der Waals surface area contributed by atoms with Crippen molar-refractivity contribution in [2.45, 2.75) is 18.0 Å². The molecule has 0 unspecified atom stereocenters. The monoisotopic (exact) mass is 296 g/mol. The van der Waals surface area contributed by atoms with Crippen LogP contribution in [0.4, 0.5) is 0 Å². The van der Waals surface area contributed by atoms with Crippen molar-refractivity contribution in [3.63, 3.8) is 0 Å². The maximum Gasteiger partial charge on any atom is 0.0729 e. The fourth-order valence-electron chi connectivity index (χ4n) is 2.69. The molecule has 0 bridgehead atoms. The van der Waals surface area contributed by atoms with Crippen LogP contribution in [-0.2, 0) is 13.0 Å². The van der Waals surface area contributed by atoms with Gasteiger partial charge in [-0.15, -0.1) is 11.8 Å². The Balaban J connectivity index is 1.91. The van der Waals surface area contributed by atoms with E-state index in [2.05, 4.69) is 65.1 Å². The molecule has 1 aromatic heterocycles. The van der Waals surface area contributed by atoms with Gasteiger partial charge >= 0.3 is 0 Å². The molecule has 0 radical (unpaired) electrons. The highest BCUT2D eigenvalue weighted by Gasteiger charge is 2.05. The Hall–Kier alpha value is -1.71. The number of rotatable bonds is 5. The molecule has 0 aliphatic heterocycles. The summed E-state index contributed by atoms with van der Waals surface area (Å²) in [4.78, 5) is 3.42. The van der Waals surface area contributed by atoms with Crippen molar-refractivity contribution in [3.8, 4) is 0 Å². The number of aromatic nitrogens is 1. The molecule has 2 nitrogen and oxygen atoms in total. The molecule has 108 valence electrons. The first kappa shape index (κ1) is 14.2. The molecule has 2 aromatic carbocycles. The van der Waals surface area contributed by atoms with Gasteiger partial charge in [0.15, 0.2) is 0 Å². The Morgan fingerprint density at radius 1 is 1.05 bits per heavy atom. The minimum Gasteiger partial charge on any atom is -0.350 e. The number of H-pyrrole nitrogens is 1. The minimum absolute atomic E-state index is 0.916. The highest BCUT2D eigenvalue weighted by Crippen LogP contribution is 2.24. The summed E-state index contributed by atoms with van der Waals surface area (Å²) in [5.41, 5.74) is 5.34. The molecule has 2 N–H and O–H groups in total. The van der Waals surface area contributed by atoms with Crippen LogP contribution < -0.4 is 5.32 Å². The largest absolute Gasteiger partial charge is 0.350 e. The number of fused-ring (bicyclic) bond motifs is 1. The summed E-state index contributed by atoms with van der Waals surface area (Å²) < 4.78 is 0. The van der Waals surface area contributed by atoms with E-state index in [0.717, 1.165) is 13.0 Å². The van der Waals surface area contributed by atoms with E-state index in [0.29, 0.717) is 0 Å². The van der Waals surface area contributed by atoms with Crippen molar-refractivity contribution in [1.29, 1.82) is 0 Å². The van der Waals surface area contributed by atoms with Crippen LogP contribution >= 0.6 is 11.8 Å². The molecule has 1 heterocycles. The third kappa shape index (κ3) is 3.14. The van der Waals surface area contributed by atoms with Crippen LogP contribution in [-0.4, -0.2) is 18.3 Å². The Bertz CT molecular complexity index is 746. The topological polar surface area (TPSA) is 27.8 Å². The van der Waals surface area contributed by atoms with Crippen molar-refractivity contribution in [3.05, 3.63) is 65.2 Å². The van der Waals surface area contributed by atoms with Crippen LogP contribution in [0.2, 0.25) is 0 Å². The van der Waals surface area contributed by atoms with E-state index in [1.807, 2.05) is 7.05 Å². The lowest BCUT2D eigenvalue weighted by Crippen LogP contribution is -2.07. The molecule has 0 aliphatic rings. The maximum absolute atomic E-state index is 3.42. The molecule has 0 spiro atoms. The first-order valence-electron chi connectivity index (χ1n) is 7.17. The second-order valence-electron chi connectivity index (χ2n) is 5.24. The van der Waals surface area contributed by atoms with E-state index in [4.69, 9.17) is 0 Å². The van der Waals surface area contributed by atoms with E-state index < -0.39 is 0 Å². The highest BCUT2D eigenvalue weighted by atomic mass is 32.2. The SMILES string of the molecule is CNCc1ccccc1Cc1ccc2[nH]c(SC)cc2c1. The van der Waals surface area contributed by atoms with Crippen LogP contribution in [0, 0.1) is 0 Å². The summed E-state index contributed by atoms with van der Waals surface area (Å²) in [7, 11) is 1.99. The normalized spacial score (nSPS) is 11.1. The second-order valence-corrected chi connectivity index (χ2v) is 6.08. The molecular formula is C18H20N2S. The number of nitrogens with one attached hydrogen (secondary N) is 2. The molecule has 21 heavy (non-hydrogen) atoms. The Morgan fingerprint density at radius 3 is 2.62 bits per heavy atom. The lowest BCUT2D eigenvalue weighted by molar-refractivity contribution is 0.808. The van der Waals surface area contributed by atoms with Gasteiger partial charge in [-0.25, -0.2) is 0 Å². The van der Waals surface area contributed by atoms with Gasteiger partial charge in [0.05, 0.1) is 5.03 Å². The quantitative estimate of drug-likeness (QED) is 0.691. The lowest BCUT2D eigenvalue weighted by atomic mass is 9.99. The summed E-state index contributed by atoms with van der Waals surface area (Å²) in [6.45, 7) is 0.916. The van der Waals surface area contributed by atoms with Gasteiger partial charge in [0.1, 0.15) is 0 Å².